The minimum atomic E-state index is -0.829. The monoisotopic (exact) mass is 512 g/mol. The van der Waals surface area contributed by atoms with Crippen LogP contribution in [0.2, 0.25) is 0 Å². The van der Waals surface area contributed by atoms with E-state index in [9.17, 15) is 4.79 Å². The molecule has 2 spiro atoms. The average Bonchev–Trinajstić information content (AvgIpc) is 3.70. The van der Waals surface area contributed by atoms with E-state index in [1.54, 1.807) is 14.2 Å². The summed E-state index contributed by atoms with van der Waals surface area (Å²) in [6.45, 7) is 2.75. The number of carbonyl (C=O) groups excluding carboxylic acids is 1. The van der Waals surface area contributed by atoms with Crippen LogP contribution in [0.1, 0.15) is 42.4 Å². The van der Waals surface area contributed by atoms with Crippen molar-refractivity contribution in [1.29, 1.82) is 0 Å². The Labute approximate surface area is 224 Å². The molecule has 5 aliphatic carbocycles. The Balaban J connectivity index is 1.26. The summed E-state index contributed by atoms with van der Waals surface area (Å²) in [5.74, 6) is 2.22. The molecule has 2 aromatic rings. The summed E-state index contributed by atoms with van der Waals surface area (Å²) in [5.41, 5.74) is 2.60. The molecule has 6 atom stereocenters. The minimum Gasteiger partial charge on any atom is -0.493 e. The zero-order chi connectivity index (χ0) is 25.7. The first-order chi connectivity index (χ1) is 18.6. The maximum atomic E-state index is 14.1. The zero-order valence-electron chi connectivity index (χ0n) is 22.2. The summed E-state index contributed by atoms with van der Waals surface area (Å²) in [6, 6.07) is 14.8. The number of fused-ring (bicyclic) bond motifs is 1. The molecule has 198 valence electrons. The van der Waals surface area contributed by atoms with Crippen LogP contribution < -0.4 is 14.8 Å². The van der Waals surface area contributed by atoms with Crippen LogP contribution in [0, 0.1) is 17.3 Å². The number of rotatable bonds is 7. The Morgan fingerprint density at radius 2 is 1.97 bits per heavy atom. The molecule has 2 aromatic carbocycles. The van der Waals surface area contributed by atoms with E-state index in [2.05, 4.69) is 46.6 Å². The van der Waals surface area contributed by atoms with E-state index >= 15 is 0 Å². The van der Waals surface area contributed by atoms with Crippen LogP contribution in [-0.4, -0.2) is 55.9 Å². The van der Waals surface area contributed by atoms with Crippen molar-refractivity contribution < 1.29 is 19.0 Å². The van der Waals surface area contributed by atoms with E-state index in [1.165, 1.54) is 30.5 Å². The zero-order valence-corrected chi connectivity index (χ0v) is 22.2. The second-order valence-corrected chi connectivity index (χ2v) is 12.4. The Kier molecular flexibility index (Phi) is 4.77. The average molecular weight is 513 g/mol. The fourth-order valence-corrected chi connectivity index (χ4v) is 9.13. The Morgan fingerprint density at radius 1 is 1.13 bits per heavy atom. The van der Waals surface area contributed by atoms with E-state index in [0.717, 1.165) is 48.8 Å². The fraction of sp³-hybridized carbons (Fsp3) is 0.531. The minimum absolute atomic E-state index is 0.0541. The predicted molar refractivity (Wildman–Crippen MR) is 143 cm³/mol. The lowest BCUT2D eigenvalue weighted by molar-refractivity contribution is -0.215. The van der Waals surface area contributed by atoms with Gasteiger partial charge in [0.2, 0.25) is 5.91 Å². The first-order valence-corrected chi connectivity index (χ1v) is 14.2. The maximum absolute atomic E-state index is 14.1. The highest BCUT2D eigenvalue weighted by Crippen LogP contribution is 2.74. The number of hydrogen-bond acceptors (Lipinski definition) is 5. The number of piperidine rings is 1. The van der Waals surface area contributed by atoms with Crippen molar-refractivity contribution in [3.63, 3.8) is 0 Å². The van der Waals surface area contributed by atoms with Gasteiger partial charge in [-0.1, -0.05) is 48.6 Å². The molecule has 2 saturated carbocycles. The lowest BCUT2D eigenvalue weighted by Gasteiger charge is -2.71. The third kappa shape index (κ3) is 2.73. The van der Waals surface area contributed by atoms with Gasteiger partial charge in [-0.05, 0) is 61.8 Å². The molecule has 4 bridgehead atoms. The Hall–Kier alpha value is -2.83. The van der Waals surface area contributed by atoms with Crippen molar-refractivity contribution in [3.05, 3.63) is 71.3 Å². The molecule has 3 fully saturated rings. The second-order valence-electron chi connectivity index (χ2n) is 12.4. The van der Waals surface area contributed by atoms with Gasteiger partial charge in [0.25, 0.3) is 0 Å². The van der Waals surface area contributed by atoms with Gasteiger partial charge >= 0.3 is 0 Å². The van der Waals surface area contributed by atoms with Gasteiger partial charge in [0.05, 0.1) is 18.4 Å². The SMILES string of the molecule is COc1ccc2c3c1OC1[C@@]4(OC)C=C[C@@]5(C[C@@H]4C(=O)NCc4ccccc4)[C@@H](C2)N(CC2CC2)CC[C@]315. The summed E-state index contributed by atoms with van der Waals surface area (Å²) < 4.78 is 19.3. The van der Waals surface area contributed by atoms with Crippen LogP contribution in [0.15, 0.2) is 54.6 Å². The number of nitrogens with one attached hydrogen (secondary N) is 1. The van der Waals surface area contributed by atoms with E-state index < -0.39 is 5.60 Å². The summed E-state index contributed by atoms with van der Waals surface area (Å²) in [7, 11) is 3.48. The van der Waals surface area contributed by atoms with Crippen LogP contribution in [0.25, 0.3) is 0 Å². The van der Waals surface area contributed by atoms with E-state index in [0.29, 0.717) is 12.6 Å². The number of hydrogen-bond donors (Lipinski definition) is 1. The van der Waals surface area contributed by atoms with Gasteiger partial charge in [0, 0.05) is 37.2 Å². The Morgan fingerprint density at radius 3 is 2.74 bits per heavy atom. The fourth-order valence-electron chi connectivity index (χ4n) is 9.13. The molecule has 0 radical (unpaired) electrons. The molecule has 1 saturated heterocycles. The lowest BCUT2D eigenvalue weighted by Crippen LogP contribution is -2.80. The van der Waals surface area contributed by atoms with Gasteiger partial charge in [0.1, 0.15) is 11.7 Å². The normalized spacial score (nSPS) is 37.5. The molecule has 2 heterocycles. The number of methoxy groups -OCH3 is 2. The van der Waals surface area contributed by atoms with Crippen LogP contribution in [0.4, 0.5) is 0 Å². The number of carbonyl (C=O) groups is 1. The summed E-state index contributed by atoms with van der Waals surface area (Å²) >= 11 is 0. The molecule has 6 nitrogen and oxygen atoms in total. The van der Waals surface area contributed by atoms with Crippen molar-refractivity contribution in [2.24, 2.45) is 17.3 Å². The highest BCUT2D eigenvalue weighted by Gasteiger charge is 2.80. The number of ether oxygens (including phenoxy) is 3. The first-order valence-electron chi connectivity index (χ1n) is 14.2. The van der Waals surface area contributed by atoms with E-state index in [4.69, 9.17) is 14.2 Å². The van der Waals surface area contributed by atoms with Crippen molar-refractivity contribution >= 4 is 5.91 Å². The van der Waals surface area contributed by atoms with Gasteiger partial charge in [-0.15, -0.1) is 0 Å². The summed E-state index contributed by atoms with van der Waals surface area (Å²) in [5, 5.41) is 3.26. The van der Waals surface area contributed by atoms with Crippen molar-refractivity contribution in [1.82, 2.24) is 10.2 Å². The molecule has 38 heavy (non-hydrogen) atoms. The van der Waals surface area contributed by atoms with Crippen LogP contribution in [-0.2, 0) is 27.9 Å². The van der Waals surface area contributed by atoms with Crippen molar-refractivity contribution in [3.8, 4) is 11.5 Å². The van der Waals surface area contributed by atoms with Crippen LogP contribution >= 0.6 is 0 Å². The second kappa shape index (κ2) is 7.86. The predicted octanol–water partition coefficient (Wildman–Crippen LogP) is 4.01. The molecule has 1 unspecified atom stereocenters. The summed E-state index contributed by atoms with van der Waals surface area (Å²) in [4.78, 5) is 16.8. The quantitative estimate of drug-likeness (QED) is 0.568. The van der Waals surface area contributed by atoms with Gasteiger partial charge in [-0.2, -0.15) is 0 Å². The van der Waals surface area contributed by atoms with Crippen molar-refractivity contribution in [2.45, 2.75) is 61.8 Å². The molecule has 1 amide bonds. The molecular formula is C32H36N2O4. The number of benzene rings is 2. The molecule has 9 rings (SSSR count). The molecule has 2 aliphatic heterocycles. The van der Waals surface area contributed by atoms with Gasteiger partial charge in [-0.3, -0.25) is 9.69 Å². The third-order valence-corrected chi connectivity index (χ3v) is 10.9. The highest BCUT2D eigenvalue weighted by atomic mass is 16.6. The molecular weight excluding hydrogens is 476 g/mol. The molecule has 6 heteroatoms. The first kappa shape index (κ1) is 23.1. The summed E-state index contributed by atoms with van der Waals surface area (Å²) in [6.07, 6.45) is 9.88. The largest absolute Gasteiger partial charge is 0.493 e. The smallest absolute Gasteiger partial charge is 0.226 e. The topological polar surface area (TPSA) is 60.0 Å². The van der Waals surface area contributed by atoms with Gasteiger partial charge in [0.15, 0.2) is 11.5 Å². The molecule has 7 aliphatic rings. The van der Waals surface area contributed by atoms with Crippen molar-refractivity contribution in [2.75, 3.05) is 27.3 Å². The molecule has 1 N–H and O–H groups in total. The number of likely N-dealkylation sites (tertiary alicyclic amines) is 1. The maximum Gasteiger partial charge on any atom is 0.226 e. The molecule has 0 aromatic heterocycles. The Bertz CT molecular complexity index is 1340. The van der Waals surface area contributed by atoms with Gasteiger partial charge < -0.3 is 19.5 Å². The van der Waals surface area contributed by atoms with E-state index in [-0.39, 0.29) is 28.8 Å². The van der Waals surface area contributed by atoms with Gasteiger partial charge in [-0.25, -0.2) is 0 Å². The standard InChI is InChI=1S/C32H36N2O4/c1-36-24-11-10-22-16-25-30-12-13-32(37-2,23(17-30)28(35)33-18-20-6-4-3-5-7-20)29-31(30,26(22)27(24)38-29)14-15-34(25)19-21-8-9-21/h3-7,10-13,21,23,25,29H,8-9,14-19H2,1-2H3,(H,33,35)/t23-,25-,29?,30-,31+,32-/m1/s1. The lowest BCUT2D eigenvalue weighted by atomic mass is 9.37. The highest BCUT2D eigenvalue weighted by molar-refractivity contribution is 5.83. The number of amides is 1. The van der Waals surface area contributed by atoms with Crippen LogP contribution in [0.5, 0.6) is 11.5 Å². The van der Waals surface area contributed by atoms with E-state index in [1.807, 2.05) is 18.2 Å². The third-order valence-electron chi connectivity index (χ3n) is 10.9. The van der Waals surface area contributed by atoms with Crippen LogP contribution in [0.3, 0.4) is 0 Å². The number of nitrogens with zero attached hydrogens (tertiary/aromatic N) is 1.